The van der Waals surface area contributed by atoms with E-state index in [4.69, 9.17) is 2.74 Å². The molecule has 0 heterocycles. The molecular formula is C15H23NO2. The average molecular weight is 251 g/mol. The van der Waals surface area contributed by atoms with Crippen LogP contribution in [-0.4, -0.2) is 19.1 Å². The molecule has 18 heavy (non-hydrogen) atoms. The standard InChI is InChI=1S/C15H23NO2/c1-11(2)14(10-15(17)18-4)16-12(3)13-8-6-5-7-9-13/h5-9,11-12,14,16H,10H2,1-4H3/t12-,14?/m0/s1/i10D2. The highest BCUT2D eigenvalue weighted by Crippen LogP contribution is 2.16. The predicted octanol–water partition coefficient (Wildman–Crippen LogP) is 2.92. The van der Waals surface area contributed by atoms with E-state index < -0.39 is 18.4 Å². The maximum atomic E-state index is 11.7. The van der Waals surface area contributed by atoms with Crippen LogP contribution in [0.4, 0.5) is 0 Å². The van der Waals surface area contributed by atoms with Gasteiger partial charge in [-0.1, -0.05) is 44.2 Å². The zero-order valence-corrected chi connectivity index (χ0v) is 11.4. The fourth-order valence-corrected chi connectivity index (χ4v) is 1.69. The van der Waals surface area contributed by atoms with Crippen molar-refractivity contribution in [1.29, 1.82) is 0 Å². The predicted molar refractivity (Wildman–Crippen MR) is 73.3 cm³/mol. The van der Waals surface area contributed by atoms with Crippen LogP contribution in [0.5, 0.6) is 0 Å². The van der Waals surface area contributed by atoms with Gasteiger partial charge in [-0.2, -0.15) is 0 Å². The summed E-state index contributed by atoms with van der Waals surface area (Å²) in [6.07, 6.45) is -2.06. The molecule has 0 amide bonds. The highest BCUT2D eigenvalue weighted by molar-refractivity contribution is 5.69. The molecule has 0 spiro atoms. The van der Waals surface area contributed by atoms with Crippen molar-refractivity contribution in [3.05, 3.63) is 35.9 Å². The number of esters is 1. The normalized spacial score (nSPS) is 16.7. The van der Waals surface area contributed by atoms with E-state index in [1.165, 1.54) is 7.11 Å². The summed E-state index contributed by atoms with van der Waals surface area (Å²) in [5.74, 6) is -0.890. The Balaban J connectivity index is 2.91. The number of nitrogens with one attached hydrogen (secondary N) is 1. The minimum atomic E-state index is -2.06. The second-order valence-corrected chi connectivity index (χ2v) is 4.66. The van der Waals surface area contributed by atoms with Gasteiger partial charge in [0, 0.05) is 14.8 Å². The topological polar surface area (TPSA) is 38.3 Å². The molecule has 1 rings (SSSR count). The first-order valence-corrected chi connectivity index (χ1v) is 6.20. The van der Waals surface area contributed by atoms with Crippen molar-refractivity contribution >= 4 is 5.97 Å². The summed E-state index contributed by atoms with van der Waals surface area (Å²) in [6.45, 7) is 5.73. The lowest BCUT2D eigenvalue weighted by Gasteiger charge is -2.26. The van der Waals surface area contributed by atoms with Crippen molar-refractivity contribution in [2.24, 2.45) is 5.92 Å². The van der Waals surface area contributed by atoms with E-state index in [0.29, 0.717) is 0 Å². The van der Waals surface area contributed by atoms with Crippen molar-refractivity contribution in [3.8, 4) is 0 Å². The van der Waals surface area contributed by atoms with Gasteiger partial charge >= 0.3 is 5.97 Å². The van der Waals surface area contributed by atoms with Crippen LogP contribution >= 0.6 is 0 Å². The molecule has 100 valence electrons. The lowest BCUT2D eigenvalue weighted by Crippen LogP contribution is -2.37. The molecule has 0 bridgehead atoms. The molecule has 0 aliphatic heterocycles. The Morgan fingerprint density at radius 1 is 1.33 bits per heavy atom. The fourth-order valence-electron chi connectivity index (χ4n) is 1.69. The van der Waals surface area contributed by atoms with Crippen LogP contribution in [0, 0.1) is 5.92 Å². The first-order valence-electron chi connectivity index (χ1n) is 7.20. The first-order chi connectivity index (χ1) is 9.30. The molecule has 1 aromatic rings. The van der Waals surface area contributed by atoms with Gasteiger partial charge in [0.2, 0.25) is 0 Å². The molecule has 0 fully saturated rings. The minimum absolute atomic E-state index is 0.0461. The fraction of sp³-hybridized carbons (Fsp3) is 0.533. The third-order valence-electron chi connectivity index (χ3n) is 2.85. The second kappa shape index (κ2) is 7.17. The Morgan fingerprint density at radius 2 is 1.94 bits per heavy atom. The van der Waals surface area contributed by atoms with Gasteiger partial charge in [0.1, 0.15) is 0 Å². The maximum Gasteiger partial charge on any atom is 0.307 e. The Bertz CT molecular complexity index is 435. The summed E-state index contributed by atoms with van der Waals surface area (Å²) in [4.78, 5) is 11.7. The number of benzene rings is 1. The molecule has 1 N–H and O–H groups in total. The Morgan fingerprint density at radius 3 is 2.44 bits per heavy atom. The Labute approximate surface area is 112 Å². The number of carbonyl (C=O) groups is 1. The van der Waals surface area contributed by atoms with E-state index in [1.54, 1.807) is 0 Å². The van der Waals surface area contributed by atoms with E-state index in [1.807, 2.05) is 51.1 Å². The van der Waals surface area contributed by atoms with Crippen LogP contribution in [0.25, 0.3) is 0 Å². The summed E-state index contributed by atoms with van der Waals surface area (Å²) in [5.41, 5.74) is 1.05. The van der Waals surface area contributed by atoms with E-state index in [-0.39, 0.29) is 12.0 Å². The van der Waals surface area contributed by atoms with Crippen LogP contribution in [0.3, 0.4) is 0 Å². The monoisotopic (exact) mass is 251 g/mol. The van der Waals surface area contributed by atoms with Gasteiger partial charge in [-0.3, -0.25) is 4.79 Å². The molecule has 0 saturated carbocycles. The summed E-state index contributed by atoms with van der Waals surface area (Å²) in [5, 5.41) is 3.21. The summed E-state index contributed by atoms with van der Waals surface area (Å²) in [6, 6.07) is 9.09. The Kier molecular flexibility index (Phi) is 4.67. The van der Waals surface area contributed by atoms with Crippen molar-refractivity contribution in [1.82, 2.24) is 5.32 Å². The average Bonchev–Trinajstić information content (AvgIpc) is 2.43. The van der Waals surface area contributed by atoms with E-state index in [9.17, 15) is 4.79 Å². The summed E-state index contributed by atoms with van der Waals surface area (Å²) < 4.78 is 20.6. The van der Waals surface area contributed by atoms with Crippen LogP contribution in [0.1, 0.15) is 41.5 Å². The number of rotatable bonds is 6. The summed E-state index contributed by atoms with van der Waals surface area (Å²) in [7, 11) is 1.21. The van der Waals surface area contributed by atoms with Gasteiger partial charge in [-0.15, -0.1) is 0 Å². The molecule has 3 nitrogen and oxygen atoms in total. The zero-order chi connectivity index (χ0) is 15.3. The minimum Gasteiger partial charge on any atom is -0.469 e. The number of hydrogen-bond acceptors (Lipinski definition) is 3. The molecule has 1 aromatic carbocycles. The van der Waals surface area contributed by atoms with E-state index in [0.717, 1.165) is 5.56 Å². The van der Waals surface area contributed by atoms with Crippen LogP contribution in [0.2, 0.25) is 0 Å². The van der Waals surface area contributed by atoms with E-state index >= 15 is 0 Å². The van der Waals surface area contributed by atoms with Crippen LogP contribution in [-0.2, 0) is 9.53 Å². The third-order valence-corrected chi connectivity index (χ3v) is 2.85. The number of hydrogen-bond donors (Lipinski definition) is 1. The molecule has 2 atom stereocenters. The molecule has 0 aromatic heterocycles. The highest BCUT2D eigenvalue weighted by Gasteiger charge is 2.20. The highest BCUT2D eigenvalue weighted by atomic mass is 16.5. The third kappa shape index (κ3) is 4.49. The van der Waals surface area contributed by atoms with Crippen molar-refractivity contribution in [3.63, 3.8) is 0 Å². The quantitative estimate of drug-likeness (QED) is 0.790. The molecular weight excluding hydrogens is 226 g/mol. The SMILES string of the molecule is [2H]C([2H])(C(=O)OC)C(N[C@@H](C)c1ccccc1)C(C)C. The Hall–Kier alpha value is -1.35. The van der Waals surface area contributed by atoms with E-state index in [2.05, 4.69) is 10.1 Å². The number of carbonyl (C=O) groups excluding carboxylic acids is 1. The molecule has 0 saturated heterocycles. The van der Waals surface area contributed by atoms with Gasteiger partial charge in [-0.05, 0) is 18.4 Å². The lowest BCUT2D eigenvalue weighted by atomic mass is 9.98. The van der Waals surface area contributed by atoms with Crippen molar-refractivity contribution in [2.75, 3.05) is 7.11 Å². The lowest BCUT2D eigenvalue weighted by molar-refractivity contribution is -0.141. The molecule has 1 unspecified atom stereocenters. The van der Waals surface area contributed by atoms with Gasteiger partial charge < -0.3 is 10.1 Å². The molecule has 3 heteroatoms. The zero-order valence-electron chi connectivity index (χ0n) is 13.4. The van der Waals surface area contributed by atoms with Gasteiger partial charge in [0.05, 0.1) is 13.5 Å². The largest absolute Gasteiger partial charge is 0.469 e. The number of ether oxygens (including phenoxy) is 1. The summed E-state index contributed by atoms with van der Waals surface area (Å²) >= 11 is 0. The van der Waals surface area contributed by atoms with Crippen molar-refractivity contribution in [2.45, 2.75) is 39.2 Å². The molecule has 0 radical (unpaired) electrons. The smallest absolute Gasteiger partial charge is 0.307 e. The number of methoxy groups -OCH3 is 1. The van der Waals surface area contributed by atoms with Gasteiger partial charge in [-0.25, -0.2) is 0 Å². The van der Waals surface area contributed by atoms with Crippen LogP contribution < -0.4 is 5.32 Å². The second-order valence-electron chi connectivity index (χ2n) is 4.66. The first kappa shape index (κ1) is 11.7. The van der Waals surface area contributed by atoms with Crippen LogP contribution in [0.15, 0.2) is 30.3 Å². The maximum absolute atomic E-state index is 11.7. The van der Waals surface area contributed by atoms with Crippen molar-refractivity contribution < 1.29 is 12.3 Å². The molecule has 0 aliphatic carbocycles. The van der Waals surface area contributed by atoms with Gasteiger partial charge in [0.15, 0.2) is 0 Å². The van der Waals surface area contributed by atoms with Gasteiger partial charge in [0.25, 0.3) is 0 Å². The molecule has 0 aliphatic rings.